The Balaban J connectivity index is 1.75. The molecule has 1 aromatic rings. The number of hydrogen-bond donors (Lipinski definition) is 0. The van der Waals surface area contributed by atoms with Crippen LogP contribution in [0.4, 0.5) is 0 Å². The Hall–Kier alpha value is -1.95. The molecule has 1 amide bonds. The van der Waals surface area contributed by atoms with Crippen molar-refractivity contribution in [1.29, 1.82) is 0 Å². The molecule has 2 aliphatic carbocycles. The van der Waals surface area contributed by atoms with Gasteiger partial charge >= 0.3 is 0 Å². The number of rotatable bonds is 8. The van der Waals surface area contributed by atoms with Gasteiger partial charge in [0.15, 0.2) is 11.5 Å². The van der Waals surface area contributed by atoms with Gasteiger partial charge in [0.2, 0.25) is 11.7 Å². The summed E-state index contributed by atoms with van der Waals surface area (Å²) in [5.74, 6) is 1.80. The second-order valence-corrected chi connectivity index (χ2v) is 8.20. The molecule has 0 N–H and O–H groups in total. The molecule has 1 aromatic carbocycles. The summed E-state index contributed by atoms with van der Waals surface area (Å²) in [6, 6.07) is 3.97. The number of carbonyl (C=O) groups excluding carboxylic acids is 1. The van der Waals surface area contributed by atoms with Gasteiger partial charge in [-0.1, -0.05) is 19.3 Å². The molecule has 2 saturated carbocycles. The number of ether oxygens (including phenoxy) is 4. The zero-order valence-corrected chi connectivity index (χ0v) is 18.5. The lowest BCUT2D eigenvalue weighted by molar-refractivity contribution is -0.184. The number of benzene rings is 1. The van der Waals surface area contributed by atoms with Crippen molar-refractivity contribution in [2.75, 3.05) is 35.0 Å². The molecule has 0 radical (unpaired) electrons. The number of likely N-dealkylation sites (N-methyl/N-ethyl adjacent to an activating group) is 1. The Morgan fingerprint density at radius 3 is 2.21 bits per heavy atom. The summed E-state index contributed by atoms with van der Waals surface area (Å²) in [4.78, 5) is 15.1. The zero-order chi connectivity index (χ0) is 21.0. The largest absolute Gasteiger partial charge is 0.493 e. The molecule has 6 nitrogen and oxygen atoms in total. The van der Waals surface area contributed by atoms with Crippen molar-refractivity contribution in [2.45, 2.75) is 64.0 Å². The summed E-state index contributed by atoms with van der Waals surface area (Å²) in [7, 11) is 6.70. The maximum Gasteiger partial charge on any atom is 0.227 e. The van der Waals surface area contributed by atoms with Crippen molar-refractivity contribution in [3.63, 3.8) is 0 Å². The molecular formula is C23H35NO5. The van der Waals surface area contributed by atoms with Crippen molar-refractivity contribution in [3.05, 3.63) is 17.7 Å². The van der Waals surface area contributed by atoms with E-state index in [0.29, 0.717) is 23.7 Å². The topological polar surface area (TPSA) is 57.2 Å². The monoisotopic (exact) mass is 405 g/mol. The number of hydrogen-bond acceptors (Lipinski definition) is 5. The summed E-state index contributed by atoms with van der Waals surface area (Å²) >= 11 is 0. The Kier molecular flexibility index (Phi) is 6.93. The molecular weight excluding hydrogens is 370 g/mol. The smallest absolute Gasteiger partial charge is 0.227 e. The minimum absolute atomic E-state index is 0.115. The van der Waals surface area contributed by atoms with Crippen LogP contribution >= 0.6 is 0 Å². The molecule has 2 aliphatic rings. The van der Waals surface area contributed by atoms with Gasteiger partial charge in [-0.2, -0.15) is 0 Å². The van der Waals surface area contributed by atoms with Crippen LogP contribution in [-0.2, 0) is 16.0 Å². The SMILES string of the molecule is CCO[C@@H]1C[C@@H](N(C)C(=O)Cc2cc(OC)c(OC)c(OC)c2)C12CCCCC2. The van der Waals surface area contributed by atoms with E-state index in [1.807, 2.05) is 24.1 Å². The maximum atomic E-state index is 13.2. The van der Waals surface area contributed by atoms with E-state index in [1.54, 1.807) is 21.3 Å². The van der Waals surface area contributed by atoms with Crippen molar-refractivity contribution in [2.24, 2.45) is 5.41 Å². The molecule has 0 aromatic heterocycles. The maximum absolute atomic E-state index is 13.2. The van der Waals surface area contributed by atoms with Gasteiger partial charge in [0, 0.05) is 25.1 Å². The highest BCUT2D eigenvalue weighted by Gasteiger charge is 2.57. The molecule has 0 bridgehead atoms. The molecule has 162 valence electrons. The fourth-order valence-corrected chi connectivity index (χ4v) is 5.28. The average Bonchev–Trinajstić information content (AvgIpc) is 2.75. The third-order valence-corrected chi connectivity index (χ3v) is 6.84. The van der Waals surface area contributed by atoms with Crippen LogP contribution in [0.3, 0.4) is 0 Å². The molecule has 1 spiro atoms. The quantitative estimate of drug-likeness (QED) is 0.658. The molecule has 2 fully saturated rings. The predicted molar refractivity (Wildman–Crippen MR) is 112 cm³/mol. The van der Waals surface area contributed by atoms with E-state index >= 15 is 0 Å². The Bertz CT molecular complexity index is 688. The fourth-order valence-electron chi connectivity index (χ4n) is 5.28. The minimum atomic E-state index is 0.115. The standard InChI is InChI=1S/C23H35NO5/c1-6-29-20-15-19(23(20)10-8-7-9-11-23)24(2)21(25)14-16-12-17(26-3)22(28-5)18(13-16)27-4/h12-13,19-20H,6-11,14-15H2,1-5H3/t19-,20-/m1/s1. The van der Waals surface area contributed by atoms with Gasteiger partial charge < -0.3 is 23.8 Å². The summed E-state index contributed by atoms with van der Waals surface area (Å²) in [6.45, 7) is 2.80. The molecule has 0 saturated heterocycles. The first kappa shape index (κ1) is 21.8. The summed E-state index contributed by atoms with van der Waals surface area (Å²) in [5, 5.41) is 0. The second-order valence-electron chi connectivity index (χ2n) is 8.20. The predicted octanol–water partition coefficient (Wildman–Crippen LogP) is 3.84. The summed E-state index contributed by atoms with van der Waals surface area (Å²) < 4.78 is 22.3. The number of amides is 1. The van der Waals surface area contributed by atoms with Crippen LogP contribution in [0.25, 0.3) is 0 Å². The minimum Gasteiger partial charge on any atom is -0.493 e. The van der Waals surface area contributed by atoms with E-state index in [4.69, 9.17) is 18.9 Å². The molecule has 6 heteroatoms. The van der Waals surface area contributed by atoms with Gasteiger partial charge in [0.05, 0.1) is 33.9 Å². The highest BCUT2D eigenvalue weighted by atomic mass is 16.5. The van der Waals surface area contributed by atoms with Crippen molar-refractivity contribution < 1.29 is 23.7 Å². The van der Waals surface area contributed by atoms with Crippen LogP contribution in [-0.4, -0.2) is 57.9 Å². The van der Waals surface area contributed by atoms with Crippen molar-refractivity contribution in [1.82, 2.24) is 4.90 Å². The first-order valence-corrected chi connectivity index (χ1v) is 10.7. The van der Waals surface area contributed by atoms with Gasteiger partial charge in [-0.15, -0.1) is 0 Å². The summed E-state index contributed by atoms with van der Waals surface area (Å²) in [6.07, 6.45) is 7.59. The number of carbonyl (C=O) groups is 1. The van der Waals surface area contributed by atoms with E-state index in [9.17, 15) is 4.79 Å². The Morgan fingerprint density at radius 2 is 1.69 bits per heavy atom. The first-order valence-electron chi connectivity index (χ1n) is 10.7. The Morgan fingerprint density at radius 1 is 1.07 bits per heavy atom. The van der Waals surface area contributed by atoms with Gasteiger partial charge in [0.1, 0.15) is 0 Å². The van der Waals surface area contributed by atoms with Crippen LogP contribution in [0.1, 0.15) is 51.0 Å². The third-order valence-electron chi connectivity index (χ3n) is 6.84. The lowest BCUT2D eigenvalue weighted by Gasteiger charge is -2.60. The van der Waals surface area contributed by atoms with Gasteiger partial charge in [-0.3, -0.25) is 4.79 Å². The molecule has 0 unspecified atom stereocenters. The highest BCUT2D eigenvalue weighted by molar-refractivity contribution is 5.79. The fraction of sp³-hybridized carbons (Fsp3) is 0.696. The van der Waals surface area contributed by atoms with E-state index in [0.717, 1.165) is 31.4 Å². The van der Waals surface area contributed by atoms with Gasteiger partial charge in [-0.05, 0) is 43.9 Å². The number of nitrogens with zero attached hydrogens (tertiary/aromatic N) is 1. The van der Waals surface area contributed by atoms with Crippen LogP contribution < -0.4 is 14.2 Å². The molecule has 29 heavy (non-hydrogen) atoms. The van der Waals surface area contributed by atoms with Crippen LogP contribution in [0, 0.1) is 5.41 Å². The van der Waals surface area contributed by atoms with E-state index in [-0.39, 0.29) is 23.5 Å². The van der Waals surface area contributed by atoms with Gasteiger partial charge in [-0.25, -0.2) is 0 Å². The van der Waals surface area contributed by atoms with Gasteiger partial charge in [0.25, 0.3) is 0 Å². The second kappa shape index (κ2) is 9.24. The molecule has 2 atom stereocenters. The number of methoxy groups -OCH3 is 3. The highest BCUT2D eigenvalue weighted by Crippen LogP contribution is 2.55. The average molecular weight is 406 g/mol. The molecule has 0 heterocycles. The van der Waals surface area contributed by atoms with E-state index in [1.165, 1.54) is 19.3 Å². The zero-order valence-electron chi connectivity index (χ0n) is 18.5. The van der Waals surface area contributed by atoms with Crippen LogP contribution in [0.2, 0.25) is 0 Å². The van der Waals surface area contributed by atoms with Crippen molar-refractivity contribution >= 4 is 5.91 Å². The third kappa shape index (κ3) is 4.04. The van der Waals surface area contributed by atoms with Crippen LogP contribution in [0.5, 0.6) is 17.2 Å². The van der Waals surface area contributed by atoms with E-state index in [2.05, 4.69) is 6.92 Å². The Labute approximate surface area is 174 Å². The first-order chi connectivity index (χ1) is 14.0. The molecule has 0 aliphatic heterocycles. The van der Waals surface area contributed by atoms with Crippen molar-refractivity contribution in [3.8, 4) is 17.2 Å². The summed E-state index contributed by atoms with van der Waals surface area (Å²) in [5.41, 5.74) is 0.989. The normalized spacial score (nSPS) is 22.7. The lowest BCUT2D eigenvalue weighted by atomic mass is 9.54. The lowest BCUT2D eigenvalue weighted by Crippen LogP contribution is -2.65. The molecule has 3 rings (SSSR count). The van der Waals surface area contributed by atoms with E-state index < -0.39 is 0 Å². The van der Waals surface area contributed by atoms with Crippen LogP contribution in [0.15, 0.2) is 12.1 Å².